The lowest BCUT2D eigenvalue weighted by Gasteiger charge is -2.39. The summed E-state index contributed by atoms with van der Waals surface area (Å²) < 4.78 is 5.47. The number of hydrogen-bond acceptors (Lipinski definition) is 6. The highest BCUT2D eigenvalue weighted by molar-refractivity contribution is 5.70. The van der Waals surface area contributed by atoms with Crippen LogP contribution in [0.3, 0.4) is 0 Å². The highest BCUT2D eigenvalue weighted by atomic mass is 16.6. The van der Waals surface area contributed by atoms with E-state index in [1.54, 1.807) is 4.90 Å². The van der Waals surface area contributed by atoms with Crippen LogP contribution in [0.1, 0.15) is 33.6 Å². The minimum atomic E-state index is -0.469. The first-order valence-corrected chi connectivity index (χ1v) is 9.44. The van der Waals surface area contributed by atoms with E-state index >= 15 is 0 Å². The fraction of sp³-hybridized carbons (Fsp3) is 0.684. The summed E-state index contributed by atoms with van der Waals surface area (Å²) in [5.74, 6) is 0.977. The third kappa shape index (κ3) is 4.58. The van der Waals surface area contributed by atoms with E-state index in [0.717, 1.165) is 50.5 Å². The summed E-state index contributed by atoms with van der Waals surface area (Å²) in [6.45, 7) is 10.1. The molecule has 0 radical (unpaired) electrons. The van der Waals surface area contributed by atoms with E-state index in [9.17, 15) is 9.90 Å². The van der Waals surface area contributed by atoms with Crippen molar-refractivity contribution in [3.63, 3.8) is 0 Å². The Morgan fingerprint density at radius 2 is 1.77 bits per heavy atom. The molecule has 1 aromatic rings. The molecule has 0 unspecified atom stereocenters. The number of rotatable bonds is 2. The van der Waals surface area contributed by atoms with Gasteiger partial charge in [0.25, 0.3) is 0 Å². The number of anilines is 2. The smallest absolute Gasteiger partial charge is 0.410 e. The van der Waals surface area contributed by atoms with Crippen LogP contribution < -0.4 is 9.80 Å². The van der Waals surface area contributed by atoms with Crippen LogP contribution in [-0.2, 0) is 4.74 Å². The Morgan fingerprint density at radius 3 is 2.38 bits per heavy atom. The van der Waals surface area contributed by atoms with Crippen molar-refractivity contribution in [1.82, 2.24) is 9.88 Å². The molecule has 1 amide bonds. The van der Waals surface area contributed by atoms with Crippen molar-refractivity contribution in [3.05, 3.63) is 18.3 Å². The third-order valence-corrected chi connectivity index (χ3v) is 4.80. The Morgan fingerprint density at radius 1 is 1.12 bits per heavy atom. The van der Waals surface area contributed by atoms with Gasteiger partial charge in [0.05, 0.1) is 11.8 Å². The topological polar surface area (TPSA) is 69.1 Å². The van der Waals surface area contributed by atoms with E-state index in [0.29, 0.717) is 13.1 Å². The van der Waals surface area contributed by atoms with Crippen LogP contribution in [0.4, 0.5) is 16.3 Å². The van der Waals surface area contributed by atoms with Crippen LogP contribution in [0.25, 0.3) is 0 Å². The molecule has 1 N–H and O–H groups in total. The molecule has 0 aliphatic carbocycles. The SMILES string of the molecule is CC(C)(C)OC(=O)N1CCN(c2cccnc2N2CCC(O)CC2)CC1. The molecule has 144 valence electrons. The number of piperidine rings is 1. The normalized spacial score (nSPS) is 19.6. The number of piperazine rings is 1. The second-order valence-electron chi connectivity index (χ2n) is 8.02. The van der Waals surface area contributed by atoms with Crippen LogP contribution >= 0.6 is 0 Å². The number of carbonyl (C=O) groups excluding carboxylic acids is 1. The maximum Gasteiger partial charge on any atom is 0.410 e. The molecule has 0 spiro atoms. The van der Waals surface area contributed by atoms with Crippen molar-refractivity contribution in [2.75, 3.05) is 49.1 Å². The van der Waals surface area contributed by atoms with Gasteiger partial charge in [0.2, 0.25) is 0 Å². The van der Waals surface area contributed by atoms with E-state index in [1.165, 1.54) is 0 Å². The van der Waals surface area contributed by atoms with Crippen molar-refractivity contribution in [3.8, 4) is 0 Å². The summed E-state index contributed by atoms with van der Waals surface area (Å²) in [6, 6.07) is 4.05. The van der Waals surface area contributed by atoms with Crippen molar-refractivity contribution in [2.45, 2.75) is 45.3 Å². The fourth-order valence-corrected chi connectivity index (χ4v) is 3.41. The first kappa shape index (κ1) is 18.8. The zero-order valence-corrected chi connectivity index (χ0v) is 16.0. The van der Waals surface area contributed by atoms with Crippen molar-refractivity contribution in [1.29, 1.82) is 0 Å². The lowest BCUT2D eigenvalue weighted by molar-refractivity contribution is 0.0240. The molecule has 7 heteroatoms. The minimum Gasteiger partial charge on any atom is -0.444 e. The largest absolute Gasteiger partial charge is 0.444 e. The molecule has 0 atom stereocenters. The summed E-state index contributed by atoms with van der Waals surface area (Å²) >= 11 is 0. The van der Waals surface area contributed by atoms with Crippen molar-refractivity contribution < 1.29 is 14.6 Å². The van der Waals surface area contributed by atoms with Gasteiger partial charge in [-0.15, -0.1) is 0 Å². The highest BCUT2D eigenvalue weighted by Crippen LogP contribution is 2.30. The van der Waals surface area contributed by atoms with Gasteiger partial charge in [-0.25, -0.2) is 9.78 Å². The van der Waals surface area contributed by atoms with E-state index in [2.05, 4.69) is 20.9 Å². The number of aromatic nitrogens is 1. The average molecular weight is 362 g/mol. The molecule has 0 aromatic carbocycles. The molecule has 3 heterocycles. The van der Waals surface area contributed by atoms with E-state index < -0.39 is 5.60 Å². The number of nitrogens with zero attached hydrogens (tertiary/aromatic N) is 4. The van der Waals surface area contributed by atoms with Crippen LogP contribution in [0.15, 0.2) is 18.3 Å². The van der Waals surface area contributed by atoms with Gasteiger partial charge < -0.3 is 24.5 Å². The van der Waals surface area contributed by atoms with Gasteiger partial charge in [-0.1, -0.05) is 0 Å². The van der Waals surface area contributed by atoms with Crippen LogP contribution in [0.2, 0.25) is 0 Å². The Kier molecular flexibility index (Phi) is 5.55. The summed E-state index contributed by atoms with van der Waals surface area (Å²) in [5.41, 5.74) is 0.636. The molecule has 0 saturated carbocycles. The number of aliphatic hydroxyl groups excluding tert-OH is 1. The number of amides is 1. The molecule has 2 fully saturated rings. The molecule has 2 aliphatic heterocycles. The van der Waals surface area contributed by atoms with Gasteiger partial charge in [-0.3, -0.25) is 0 Å². The molecule has 7 nitrogen and oxygen atoms in total. The second kappa shape index (κ2) is 7.70. The summed E-state index contributed by atoms with van der Waals surface area (Å²) in [4.78, 5) is 23.2. The summed E-state index contributed by atoms with van der Waals surface area (Å²) in [7, 11) is 0. The van der Waals surface area contributed by atoms with Crippen LogP contribution in [0.5, 0.6) is 0 Å². The lowest BCUT2D eigenvalue weighted by Crippen LogP contribution is -2.50. The quantitative estimate of drug-likeness (QED) is 0.869. The highest BCUT2D eigenvalue weighted by Gasteiger charge is 2.28. The maximum atomic E-state index is 12.2. The predicted molar refractivity (Wildman–Crippen MR) is 102 cm³/mol. The first-order valence-electron chi connectivity index (χ1n) is 9.44. The zero-order valence-electron chi connectivity index (χ0n) is 16.0. The molecule has 2 saturated heterocycles. The molecular weight excluding hydrogens is 332 g/mol. The summed E-state index contributed by atoms with van der Waals surface area (Å²) in [5, 5.41) is 9.75. The van der Waals surface area contributed by atoms with Gasteiger partial charge in [0.15, 0.2) is 5.82 Å². The van der Waals surface area contributed by atoms with Gasteiger partial charge in [-0.05, 0) is 45.7 Å². The van der Waals surface area contributed by atoms with Gasteiger partial charge in [0, 0.05) is 45.5 Å². The van der Waals surface area contributed by atoms with Crippen LogP contribution in [-0.4, -0.2) is 72.1 Å². The molecule has 26 heavy (non-hydrogen) atoms. The monoisotopic (exact) mass is 362 g/mol. The number of carbonyl (C=O) groups is 1. The number of hydrogen-bond donors (Lipinski definition) is 1. The summed E-state index contributed by atoms with van der Waals surface area (Å²) in [6.07, 6.45) is 2.94. The van der Waals surface area contributed by atoms with Gasteiger partial charge in [-0.2, -0.15) is 0 Å². The van der Waals surface area contributed by atoms with Gasteiger partial charge >= 0.3 is 6.09 Å². The third-order valence-electron chi connectivity index (χ3n) is 4.80. The predicted octanol–water partition coefficient (Wildman–Crippen LogP) is 2.10. The van der Waals surface area contributed by atoms with Crippen LogP contribution in [0, 0.1) is 0 Å². The number of ether oxygens (including phenoxy) is 1. The Hall–Kier alpha value is -2.02. The molecule has 2 aliphatic rings. The molecular formula is C19H30N4O3. The standard InChI is InChI=1S/C19H30N4O3/c1-19(2,3)26-18(25)23-13-11-21(12-14-23)16-5-4-8-20-17(16)22-9-6-15(24)7-10-22/h4-5,8,15,24H,6-7,9-14H2,1-3H3. The number of pyridine rings is 1. The maximum absolute atomic E-state index is 12.2. The molecule has 3 rings (SSSR count). The minimum absolute atomic E-state index is 0.198. The second-order valence-corrected chi connectivity index (χ2v) is 8.02. The Labute approximate surface area is 155 Å². The molecule has 0 bridgehead atoms. The molecule has 1 aromatic heterocycles. The fourth-order valence-electron chi connectivity index (χ4n) is 3.41. The van der Waals surface area contributed by atoms with Crippen molar-refractivity contribution >= 4 is 17.6 Å². The first-order chi connectivity index (χ1) is 12.3. The Balaban J connectivity index is 1.64. The number of aliphatic hydroxyl groups is 1. The van der Waals surface area contributed by atoms with Crippen molar-refractivity contribution in [2.24, 2.45) is 0 Å². The lowest BCUT2D eigenvalue weighted by atomic mass is 10.1. The van der Waals surface area contributed by atoms with E-state index in [-0.39, 0.29) is 12.2 Å². The van der Waals surface area contributed by atoms with E-state index in [1.807, 2.05) is 33.0 Å². The van der Waals surface area contributed by atoms with Gasteiger partial charge in [0.1, 0.15) is 5.60 Å². The average Bonchev–Trinajstić information content (AvgIpc) is 2.61. The Bertz CT molecular complexity index is 615. The zero-order chi connectivity index (χ0) is 18.7. The van der Waals surface area contributed by atoms with E-state index in [4.69, 9.17) is 4.74 Å².